The van der Waals surface area contributed by atoms with Crippen LogP contribution in [-0.2, 0) is 4.74 Å². The van der Waals surface area contributed by atoms with E-state index in [0.717, 1.165) is 18.9 Å². The van der Waals surface area contributed by atoms with Gasteiger partial charge in [-0.3, -0.25) is 4.79 Å². The number of nitrogens with zero attached hydrogens (tertiary/aromatic N) is 2. The number of aromatic nitrogens is 2. The molecule has 6 nitrogen and oxygen atoms in total. The predicted octanol–water partition coefficient (Wildman–Crippen LogP) is 2.97. The van der Waals surface area contributed by atoms with Crippen molar-refractivity contribution in [3.05, 3.63) is 46.9 Å². The Balaban J connectivity index is 1.63. The summed E-state index contributed by atoms with van der Waals surface area (Å²) in [5, 5.41) is 10.8. The minimum atomic E-state index is -0.606. The number of nitrogens with one attached hydrogen (secondary N) is 1. The first kappa shape index (κ1) is 16.6. The molecule has 0 bridgehead atoms. The number of rotatable bonds is 4. The Kier molecular flexibility index (Phi) is 5.22. The van der Waals surface area contributed by atoms with Crippen LogP contribution in [0.25, 0.3) is 0 Å². The van der Waals surface area contributed by atoms with E-state index in [4.69, 9.17) is 21.1 Å². The lowest BCUT2D eigenvalue weighted by Gasteiger charge is -2.22. The lowest BCUT2D eigenvalue weighted by atomic mass is 10.1. The molecule has 0 aliphatic carbocycles. The number of hydrogen-bond acceptors (Lipinski definition) is 5. The van der Waals surface area contributed by atoms with Gasteiger partial charge in [0.05, 0.1) is 0 Å². The highest BCUT2D eigenvalue weighted by molar-refractivity contribution is 6.30. The van der Waals surface area contributed by atoms with Crippen LogP contribution in [0.2, 0.25) is 5.02 Å². The largest absolute Gasteiger partial charge is 0.434 e. The van der Waals surface area contributed by atoms with Crippen LogP contribution in [0.5, 0.6) is 11.6 Å². The van der Waals surface area contributed by atoms with Crippen molar-refractivity contribution in [2.24, 2.45) is 0 Å². The van der Waals surface area contributed by atoms with Gasteiger partial charge in [-0.05, 0) is 37.1 Å². The second kappa shape index (κ2) is 7.55. The van der Waals surface area contributed by atoms with E-state index in [1.165, 1.54) is 24.3 Å². The lowest BCUT2D eigenvalue weighted by molar-refractivity contribution is 0.0693. The maximum Gasteiger partial charge on any atom is 0.272 e. The van der Waals surface area contributed by atoms with E-state index in [1.54, 1.807) is 0 Å². The Labute approximate surface area is 142 Å². The standard InChI is InChI=1S/C16H15ClFN3O3/c17-10-1-3-14(12(18)9-10)24-15-4-2-13(20-21-15)16(22)19-11-5-7-23-8-6-11/h1-4,9,11H,5-8H2,(H,19,22). The second-order valence-corrected chi connectivity index (χ2v) is 5.73. The molecular weight excluding hydrogens is 337 g/mol. The van der Waals surface area contributed by atoms with E-state index in [1.807, 2.05) is 0 Å². The SMILES string of the molecule is O=C(NC1CCOCC1)c1ccc(Oc2ccc(Cl)cc2F)nn1. The highest BCUT2D eigenvalue weighted by Crippen LogP contribution is 2.25. The Morgan fingerprint density at radius 2 is 2.04 bits per heavy atom. The summed E-state index contributed by atoms with van der Waals surface area (Å²) in [5.41, 5.74) is 0.172. The van der Waals surface area contributed by atoms with Crippen LogP contribution in [0.4, 0.5) is 4.39 Å². The zero-order chi connectivity index (χ0) is 16.9. The van der Waals surface area contributed by atoms with E-state index in [0.29, 0.717) is 13.2 Å². The van der Waals surface area contributed by atoms with Gasteiger partial charge < -0.3 is 14.8 Å². The molecule has 0 saturated carbocycles. The molecule has 1 aliphatic heterocycles. The van der Waals surface area contributed by atoms with Gasteiger partial charge in [0.2, 0.25) is 5.88 Å². The Morgan fingerprint density at radius 3 is 2.71 bits per heavy atom. The number of ether oxygens (including phenoxy) is 2. The second-order valence-electron chi connectivity index (χ2n) is 5.29. The van der Waals surface area contributed by atoms with Crippen molar-refractivity contribution in [3.63, 3.8) is 0 Å². The van der Waals surface area contributed by atoms with Crippen molar-refractivity contribution in [1.29, 1.82) is 0 Å². The fraction of sp³-hybridized carbons (Fsp3) is 0.312. The van der Waals surface area contributed by atoms with Crippen molar-refractivity contribution in [2.75, 3.05) is 13.2 Å². The van der Waals surface area contributed by atoms with E-state index in [9.17, 15) is 9.18 Å². The van der Waals surface area contributed by atoms with Crippen molar-refractivity contribution in [1.82, 2.24) is 15.5 Å². The number of carbonyl (C=O) groups excluding carboxylic acids is 1. The Morgan fingerprint density at radius 1 is 1.25 bits per heavy atom. The molecule has 1 aliphatic rings. The minimum absolute atomic E-state index is 0.0203. The molecule has 0 unspecified atom stereocenters. The number of halogens is 2. The van der Waals surface area contributed by atoms with E-state index >= 15 is 0 Å². The molecule has 1 N–H and O–H groups in total. The summed E-state index contributed by atoms with van der Waals surface area (Å²) in [6.07, 6.45) is 1.55. The summed E-state index contributed by atoms with van der Waals surface area (Å²) >= 11 is 5.68. The summed E-state index contributed by atoms with van der Waals surface area (Å²) in [6.45, 7) is 1.27. The van der Waals surface area contributed by atoms with Gasteiger partial charge in [-0.15, -0.1) is 10.2 Å². The molecule has 1 aromatic carbocycles. The summed E-state index contributed by atoms with van der Waals surface area (Å²) < 4.78 is 24.2. The molecule has 2 heterocycles. The molecule has 1 aromatic heterocycles. The normalized spacial score (nSPS) is 15.1. The average molecular weight is 352 g/mol. The van der Waals surface area contributed by atoms with Crippen LogP contribution in [0.3, 0.4) is 0 Å². The topological polar surface area (TPSA) is 73.3 Å². The first-order valence-electron chi connectivity index (χ1n) is 7.47. The quantitative estimate of drug-likeness (QED) is 0.916. The number of benzene rings is 1. The Hall–Kier alpha value is -2.25. The first-order chi connectivity index (χ1) is 11.6. The molecule has 1 amide bonds. The maximum atomic E-state index is 13.7. The maximum absolute atomic E-state index is 13.7. The molecular formula is C16H15ClFN3O3. The third-order valence-electron chi connectivity index (χ3n) is 3.54. The molecule has 8 heteroatoms. The third-order valence-corrected chi connectivity index (χ3v) is 3.77. The summed E-state index contributed by atoms with van der Waals surface area (Å²) in [4.78, 5) is 12.1. The van der Waals surface area contributed by atoms with E-state index in [-0.39, 0.29) is 34.3 Å². The van der Waals surface area contributed by atoms with Gasteiger partial charge >= 0.3 is 0 Å². The summed E-state index contributed by atoms with van der Waals surface area (Å²) in [7, 11) is 0. The third kappa shape index (κ3) is 4.18. The lowest BCUT2D eigenvalue weighted by Crippen LogP contribution is -2.39. The molecule has 0 radical (unpaired) electrons. The predicted molar refractivity (Wildman–Crippen MR) is 84.8 cm³/mol. The van der Waals surface area contributed by atoms with Crippen molar-refractivity contribution >= 4 is 17.5 Å². The van der Waals surface area contributed by atoms with E-state index in [2.05, 4.69) is 15.5 Å². The van der Waals surface area contributed by atoms with Gasteiger partial charge in [0.1, 0.15) is 0 Å². The van der Waals surface area contributed by atoms with Gasteiger partial charge in [0.15, 0.2) is 17.3 Å². The minimum Gasteiger partial charge on any atom is -0.434 e. The van der Waals surface area contributed by atoms with Gasteiger partial charge in [0, 0.05) is 30.3 Å². The smallest absolute Gasteiger partial charge is 0.272 e. The Bertz CT molecular complexity index is 721. The van der Waals surface area contributed by atoms with Crippen LogP contribution in [0.15, 0.2) is 30.3 Å². The fourth-order valence-electron chi connectivity index (χ4n) is 2.27. The average Bonchev–Trinajstić information content (AvgIpc) is 2.59. The van der Waals surface area contributed by atoms with Crippen molar-refractivity contribution in [3.8, 4) is 11.6 Å². The molecule has 1 fully saturated rings. The monoisotopic (exact) mass is 351 g/mol. The van der Waals surface area contributed by atoms with Crippen molar-refractivity contribution < 1.29 is 18.7 Å². The first-order valence-corrected chi connectivity index (χ1v) is 7.85. The van der Waals surface area contributed by atoms with Gasteiger partial charge in [-0.25, -0.2) is 4.39 Å². The fourth-order valence-corrected chi connectivity index (χ4v) is 2.43. The number of amides is 1. The highest BCUT2D eigenvalue weighted by Gasteiger charge is 2.18. The molecule has 0 spiro atoms. The van der Waals surface area contributed by atoms with Crippen LogP contribution in [0, 0.1) is 5.82 Å². The molecule has 2 aromatic rings. The molecule has 3 rings (SSSR count). The van der Waals surface area contributed by atoms with Gasteiger partial charge in [-0.1, -0.05) is 11.6 Å². The highest BCUT2D eigenvalue weighted by atomic mass is 35.5. The zero-order valence-corrected chi connectivity index (χ0v) is 13.4. The van der Waals surface area contributed by atoms with Gasteiger partial charge in [0.25, 0.3) is 5.91 Å². The van der Waals surface area contributed by atoms with Gasteiger partial charge in [-0.2, -0.15) is 0 Å². The zero-order valence-electron chi connectivity index (χ0n) is 12.7. The van der Waals surface area contributed by atoms with E-state index < -0.39 is 5.82 Å². The van der Waals surface area contributed by atoms with Crippen LogP contribution < -0.4 is 10.1 Å². The van der Waals surface area contributed by atoms with Crippen molar-refractivity contribution in [2.45, 2.75) is 18.9 Å². The van der Waals surface area contributed by atoms with Crippen LogP contribution in [0.1, 0.15) is 23.3 Å². The molecule has 126 valence electrons. The molecule has 24 heavy (non-hydrogen) atoms. The summed E-state index contributed by atoms with van der Waals surface area (Å²) in [5.74, 6) is -0.851. The van der Waals surface area contributed by atoms with Crippen LogP contribution in [-0.4, -0.2) is 35.4 Å². The molecule has 1 saturated heterocycles. The van der Waals surface area contributed by atoms with Crippen LogP contribution >= 0.6 is 11.6 Å². The summed E-state index contributed by atoms with van der Waals surface area (Å²) in [6, 6.07) is 7.05. The molecule has 0 atom stereocenters. The number of carbonyl (C=O) groups is 1. The number of hydrogen-bond donors (Lipinski definition) is 1.